The van der Waals surface area contributed by atoms with Gasteiger partial charge in [0.2, 0.25) is 5.91 Å². The first kappa shape index (κ1) is 14.3. The number of carbonyl (C=O) groups excluding carboxylic acids is 2. The predicted octanol–water partition coefficient (Wildman–Crippen LogP) is -1.12. The molecule has 2 N–H and O–H groups in total. The van der Waals surface area contributed by atoms with E-state index in [-0.39, 0.29) is 22.8 Å². The van der Waals surface area contributed by atoms with Gasteiger partial charge >= 0.3 is 0 Å². The number of carbonyl (C=O) groups is 2. The van der Waals surface area contributed by atoms with E-state index < -0.39 is 0 Å². The maximum Gasteiger partial charge on any atom is 0.259 e. The van der Waals surface area contributed by atoms with Gasteiger partial charge in [-0.1, -0.05) is 0 Å². The van der Waals surface area contributed by atoms with Gasteiger partial charge in [-0.15, -0.1) is 0 Å². The van der Waals surface area contributed by atoms with Gasteiger partial charge in [0.1, 0.15) is 5.56 Å². The van der Waals surface area contributed by atoms with Gasteiger partial charge in [0, 0.05) is 51.7 Å². The van der Waals surface area contributed by atoms with Crippen LogP contribution in [0.15, 0.2) is 23.3 Å². The molecule has 2 amide bonds. The van der Waals surface area contributed by atoms with Crippen LogP contribution in [0.3, 0.4) is 0 Å². The second-order valence-electron chi connectivity index (χ2n) is 4.66. The van der Waals surface area contributed by atoms with Crippen molar-refractivity contribution < 1.29 is 9.59 Å². The quantitative estimate of drug-likeness (QED) is 0.733. The molecular weight excluding hydrogens is 260 g/mol. The molecule has 1 aromatic heterocycles. The van der Waals surface area contributed by atoms with Gasteiger partial charge in [0.15, 0.2) is 5.43 Å². The molecule has 7 nitrogen and oxygen atoms in total. The van der Waals surface area contributed by atoms with Gasteiger partial charge in [-0.2, -0.15) is 0 Å². The number of nitrogens with zero attached hydrogens (tertiary/aromatic N) is 2. The van der Waals surface area contributed by atoms with Crippen LogP contribution >= 0.6 is 0 Å². The zero-order chi connectivity index (χ0) is 14.5. The Labute approximate surface area is 116 Å². The highest BCUT2D eigenvalue weighted by Crippen LogP contribution is 2.05. The number of hydrogen-bond donors (Lipinski definition) is 2. The summed E-state index contributed by atoms with van der Waals surface area (Å²) in [5.74, 6) is -0.296. The number of H-pyrrole nitrogens is 1. The predicted molar refractivity (Wildman–Crippen MR) is 73.5 cm³/mol. The Morgan fingerprint density at radius 1 is 1.30 bits per heavy atom. The fourth-order valence-electron chi connectivity index (χ4n) is 2.14. The molecule has 2 heterocycles. The number of piperazine rings is 1. The van der Waals surface area contributed by atoms with E-state index in [9.17, 15) is 14.4 Å². The van der Waals surface area contributed by atoms with Gasteiger partial charge in [-0.25, -0.2) is 0 Å². The number of hydrogen-bond acceptors (Lipinski definition) is 4. The first-order valence-corrected chi connectivity index (χ1v) is 6.51. The van der Waals surface area contributed by atoms with Gasteiger partial charge < -0.3 is 15.2 Å². The first-order valence-electron chi connectivity index (χ1n) is 6.51. The number of rotatable bonds is 3. The Morgan fingerprint density at radius 2 is 2.00 bits per heavy atom. The third kappa shape index (κ3) is 3.24. The molecule has 1 aliphatic rings. The average molecular weight is 278 g/mol. The molecule has 0 spiro atoms. The number of aromatic nitrogens is 1. The zero-order valence-corrected chi connectivity index (χ0v) is 11.4. The van der Waals surface area contributed by atoms with E-state index in [0.29, 0.717) is 32.7 Å². The van der Waals surface area contributed by atoms with Crippen LogP contribution in [0, 0.1) is 0 Å². The second kappa shape index (κ2) is 6.33. The molecule has 20 heavy (non-hydrogen) atoms. The van der Waals surface area contributed by atoms with Crippen LogP contribution in [0.5, 0.6) is 0 Å². The molecule has 0 aromatic carbocycles. The van der Waals surface area contributed by atoms with Crippen molar-refractivity contribution in [2.45, 2.75) is 0 Å². The van der Waals surface area contributed by atoms with Crippen molar-refractivity contribution in [3.05, 3.63) is 34.2 Å². The Bertz CT molecular complexity index is 547. The maximum atomic E-state index is 12.2. The molecule has 1 aliphatic heterocycles. The summed E-state index contributed by atoms with van der Waals surface area (Å²) in [6.45, 7) is 2.63. The first-order chi connectivity index (χ1) is 9.61. The lowest BCUT2D eigenvalue weighted by Crippen LogP contribution is -2.51. The van der Waals surface area contributed by atoms with Crippen LogP contribution in [0.25, 0.3) is 0 Å². The summed E-state index contributed by atoms with van der Waals surface area (Å²) < 4.78 is 0. The van der Waals surface area contributed by atoms with Crippen molar-refractivity contribution in [3.63, 3.8) is 0 Å². The van der Waals surface area contributed by atoms with E-state index in [1.807, 2.05) is 4.90 Å². The molecule has 0 unspecified atom stereocenters. The fraction of sp³-hybridized carbons (Fsp3) is 0.462. The second-order valence-corrected chi connectivity index (χ2v) is 4.66. The summed E-state index contributed by atoms with van der Waals surface area (Å²) in [4.78, 5) is 41.5. The Hall–Kier alpha value is -2.15. The molecule has 0 aliphatic carbocycles. The lowest BCUT2D eigenvalue weighted by Gasteiger charge is -2.34. The molecule has 1 fully saturated rings. The molecule has 0 radical (unpaired) electrons. The van der Waals surface area contributed by atoms with Gasteiger partial charge in [-0.3, -0.25) is 19.3 Å². The summed E-state index contributed by atoms with van der Waals surface area (Å²) in [6.07, 6.45) is 2.93. The van der Waals surface area contributed by atoms with Gasteiger partial charge in [0.25, 0.3) is 5.91 Å². The largest absolute Gasteiger partial charge is 0.367 e. The van der Waals surface area contributed by atoms with Crippen LogP contribution in [-0.2, 0) is 4.79 Å². The molecular formula is C13H18N4O3. The standard InChI is InChI=1S/C13H18N4O3/c1-14-12(19)9-16-4-6-17(7-5-16)13(20)10-8-15-3-2-11(10)18/h2-3,8H,4-7,9H2,1H3,(H,14,19)(H,15,18). The van der Waals surface area contributed by atoms with Crippen molar-refractivity contribution in [1.82, 2.24) is 20.1 Å². The van der Waals surface area contributed by atoms with Gasteiger partial charge in [-0.05, 0) is 0 Å². The van der Waals surface area contributed by atoms with Crippen LogP contribution in [-0.4, -0.2) is 66.4 Å². The number of pyridine rings is 1. The highest BCUT2D eigenvalue weighted by molar-refractivity contribution is 5.93. The van der Waals surface area contributed by atoms with E-state index in [1.54, 1.807) is 11.9 Å². The maximum absolute atomic E-state index is 12.2. The lowest BCUT2D eigenvalue weighted by atomic mass is 10.2. The minimum absolute atomic E-state index is 0.0377. The Balaban J connectivity index is 1.94. The monoisotopic (exact) mass is 278 g/mol. The van der Waals surface area contributed by atoms with Crippen LogP contribution in [0.4, 0.5) is 0 Å². The SMILES string of the molecule is CNC(=O)CN1CCN(C(=O)c2c[nH]ccc2=O)CC1. The third-order valence-corrected chi connectivity index (χ3v) is 3.36. The molecule has 0 bridgehead atoms. The molecule has 0 saturated carbocycles. The highest BCUT2D eigenvalue weighted by atomic mass is 16.2. The minimum Gasteiger partial charge on any atom is -0.367 e. The molecule has 7 heteroatoms. The fourth-order valence-corrected chi connectivity index (χ4v) is 2.14. The van der Waals surface area contributed by atoms with E-state index in [0.717, 1.165) is 0 Å². The van der Waals surface area contributed by atoms with E-state index >= 15 is 0 Å². The van der Waals surface area contributed by atoms with Crippen molar-refractivity contribution in [3.8, 4) is 0 Å². The summed E-state index contributed by atoms with van der Waals surface area (Å²) >= 11 is 0. The summed E-state index contributed by atoms with van der Waals surface area (Å²) in [7, 11) is 1.60. The van der Waals surface area contributed by atoms with Crippen molar-refractivity contribution in [1.29, 1.82) is 0 Å². The minimum atomic E-state index is -0.276. The summed E-state index contributed by atoms with van der Waals surface area (Å²) in [6, 6.07) is 1.34. The Morgan fingerprint density at radius 3 is 2.60 bits per heavy atom. The highest BCUT2D eigenvalue weighted by Gasteiger charge is 2.24. The van der Waals surface area contributed by atoms with Crippen LogP contribution in [0.1, 0.15) is 10.4 Å². The normalized spacial score (nSPS) is 15.9. The summed E-state index contributed by atoms with van der Waals surface area (Å²) in [5, 5.41) is 2.57. The number of likely N-dealkylation sites (N-methyl/N-ethyl adjacent to an activating group) is 1. The number of nitrogens with one attached hydrogen (secondary N) is 2. The number of aromatic amines is 1. The lowest BCUT2D eigenvalue weighted by molar-refractivity contribution is -0.122. The molecule has 1 saturated heterocycles. The topological polar surface area (TPSA) is 85.5 Å². The van der Waals surface area contributed by atoms with E-state index in [2.05, 4.69) is 10.3 Å². The van der Waals surface area contributed by atoms with Crippen LogP contribution < -0.4 is 10.7 Å². The van der Waals surface area contributed by atoms with E-state index in [1.165, 1.54) is 18.5 Å². The van der Waals surface area contributed by atoms with Crippen molar-refractivity contribution in [2.75, 3.05) is 39.8 Å². The average Bonchev–Trinajstić information content (AvgIpc) is 2.47. The Kier molecular flexibility index (Phi) is 4.52. The molecule has 2 rings (SSSR count). The molecule has 0 atom stereocenters. The zero-order valence-electron chi connectivity index (χ0n) is 11.4. The van der Waals surface area contributed by atoms with Crippen molar-refractivity contribution in [2.24, 2.45) is 0 Å². The molecule has 108 valence electrons. The van der Waals surface area contributed by atoms with Crippen LogP contribution in [0.2, 0.25) is 0 Å². The van der Waals surface area contributed by atoms with Crippen molar-refractivity contribution >= 4 is 11.8 Å². The van der Waals surface area contributed by atoms with E-state index in [4.69, 9.17) is 0 Å². The third-order valence-electron chi connectivity index (χ3n) is 3.36. The smallest absolute Gasteiger partial charge is 0.259 e. The molecule has 1 aromatic rings. The van der Waals surface area contributed by atoms with Gasteiger partial charge in [0.05, 0.1) is 6.54 Å². The number of amides is 2. The summed E-state index contributed by atoms with van der Waals surface area (Å²) in [5.41, 5.74) is -0.117.